The van der Waals surface area contributed by atoms with Crippen LogP contribution in [0.25, 0.3) is 0 Å². The molecule has 1 saturated heterocycles. The first kappa shape index (κ1) is 17.0. The number of aryl methyl sites for hydroxylation is 3. The highest BCUT2D eigenvalue weighted by atomic mass is 32.2. The van der Waals surface area contributed by atoms with Gasteiger partial charge in [0.1, 0.15) is 0 Å². The Balaban J connectivity index is 1.79. The van der Waals surface area contributed by atoms with Crippen LogP contribution in [0.1, 0.15) is 29.5 Å². The highest BCUT2D eigenvalue weighted by Crippen LogP contribution is 2.24. The molecule has 1 unspecified atom stereocenters. The molecule has 0 saturated carbocycles. The Hall–Kier alpha value is -1.86. The summed E-state index contributed by atoms with van der Waals surface area (Å²) in [7, 11) is -3.64. The molecule has 0 spiro atoms. The van der Waals surface area contributed by atoms with E-state index in [1.54, 1.807) is 10.9 Å². The quantitative estimate of drug-likeness (QED) is 0.901. The van der Waals surface area contributed by atoms with Gasteiger partial charge in [-0.05, 0) is 44.7 Å². The fraction of sp³-hybridized carbons (Fsp3) is 0.471. The molecule has 1 N–H and O–H groups in total. The lowest BCUT2D eigenvalue weighted by Crippen LogP contribution is -2.16. The Morgan fingerprint density at radius 1 is 1.29 bits per heavy atom. The van der Waals surface area contributed by atoms with E-state index in [1.807, 2.05) is 32.9 Å². The van der Waals surface area contributed by atoms with Crippen molar-refractivity contribution in [3.8, 4) is 0 Å². The second kappa shape index (κ2) is 6.57. The van der Waals surface area contributed by atoms with Gasteiger partial charge in [0.15, 0.2) is 0 Å². The van der Waals surface area contributed by atoms with Crippen LogP contribution in [0.15, 0.2) is 29.4 Å². The van der Waals surface area contributed by atoms with Crippen molar-refractivity contribution in [2.45, 2.75) is 51.2 Å². The molecule has 1 aromatic heterocycles. The lowest BCUT2D eigenvalue weighted by atomic mass is 10.1. The third kappa shape index (κ3) is 3.62. The SMILES string of the molecule is Cc1cc(C)c(S(=O)(=O)Nc2cnn(CC3CCCO3)c2)c(C)c1. The van der Waals surface area contributed by atoms with Gasteiger partial charge in [-0.15, -0.1) is 0 Å². The van der Waals surface area contributed by atoms with E-state index in [1.165, 1.54) is 6.20 Å². The van der Waals surface area contributed by atoms with Crippen LogP contribution in [0.3, 0.4) is 0 Å². The van der Waals surface area contributed by atoms with E-state index < -0.39 is 10.0 Å². The molecule has 3 rings (SSSR count). The molecule has 0 bridgehead atoms. The molecule has 1 aromatic carbocycles. The molecule has 130 valence electrons. The lowest BCUT2D eigenvalue weighted by molar-refractivity contribution is 0.0940. The molecule has 1 aliphatic heterocycles. The first-order chi connectivity index (χ1) is 11.3. The third-order valence-electron chi connectivity index (χ3n) is 4.17. The van der Waals surface area contributed by atoms with Gasteiger partial charge in [0.2, 0.25) is 0 Å². The van der Waals surface area contributed by atoms with Crippen molar-refractivity contribution in [3.05, 3.63) is 41.2 Å². The fourth-order valence-corrected chi connectivity index (χ4v) is 4.79. The third-order valence-corrected chi connectivity index (χ3v) is 5.86. The molecule has 1 fully saturated rings. The summed E-state index contributed by atoms with van der Waals surface area (Å²) in [6.07, 6.45) is 5.49. The van der Waals surface area contributed by atoms with Crippen LogP contribution in [0.4, 0.5) is 5.69 Å². The number of anilines is 1. The maximum Gasteiger partial charge on any atom is 0.262 e. The van der Waals surface area contributed by atoms with E-state index in [4.69, 9.17) is 4.74 Å². The van der Waals surface area contributed by atoms with Crippen molar-refractivity contribution in [2.75, 3.05) is 11.3 Å². The van der Waals surface area contributed by atoms with Crippen molar-refractivity contribution >= 4 is 15.7 Å². The zero-order valence-electron chi connectivity index (χ0n) is 14.2. The van der Waals surface area contributed by atoms with Gasteiger partial charge in [-0.25, -0.2) is 8.42 Å². The summed E-state index contributed by atoms with van der Waals surface area (Å²) in [5.74, 6) is 0. The maximum atomic E-state index is 12.7. The summed E-state index contributed by atoms with van der Waals surface area (Å²) in [5, 5.41) is 4.23. The highest BCUT2D eigenvalue weighted by Gasteiger charge is 2.21. The Morgan fingerprint density at radius 2 is 2.00 bits per heavy atom. The number of benzene rings is 1. The monoisotopic (exact) mass is 349 g/mol. The van der Waals surface area contributed by atoms with E-state index in [2.05, 4.69) is 9.82 Å². The molecule has 0 amide bonds. The van der Waals surface area contributed by atoms with Gasteiger partial charge in [-0.1, -0.05) is 17.7 Å². The Bertz CT molecular complexity index is 814. The smallest absolute Gasteiger partial charge is 0.262 e. The van der Waals surface area contributed by atoms with Gasteiger partial charge in [-0.2, -0.15) is 5.10 Å². The van der Waals surface area contributed by atoms with E-state index >= 15 is 0 Å². The number of ether oxygens (including phenoxy) is 1. The Labute approximate surface area is 142 Å². The van der Waals surface area contributed by atoms with Crippen LogP contribution < -0.4 is 4.72 Å². The lowest BCUT2D eigenvalue weighted by Gasteiger charge is -2.13. The van der Waals surface area contributed by atoms with E-state index in [9.17, 15) is 8.42 Å². The van der Waals surface area contributed by atoms with Gasteiger partial charge in [-0.3, -0.25) is 9.40 Å². The van der Waals surface area contributed by atoms with Crippen LogP contribution >= 0.6 is 0 Å². The molecule has 1 aliphatic rings. The molecule has 1 atom stereocenters. The van der Waals surface area contributed by atoms with Crippen LogP contribution in [-0.4, -0.2) is 30.9 Å². The van der Waals surface area contributed by atoms with Crippen molar-refractivity contribution in [1.82, 2.24) is 9.78 Å². The molecule has 24 heavy (non-hydrogen) atoms. The Kier molecular flexibility index (Phi) is 4.64. The molecule has 2 aromatic rings. The number of rotatable bonds is 5. The summed E-state index contributed by atoms with van der Waals surface area (Å²) in [6, 6.07) is 3.75. The van der Waals surface area contributed by atoms with Gasteiger partial charge < -0.3 is 4.74 Å². The number of hydrogen-bond donors (Lipinski definition) is 1. The summed E-state index contributed by atoms with van der Waals surface area (Å²) >= 11 is 0. The summed E-state index contributed by atoms with van der Waals surface area (Å²) < 4.78 is 35.4. The number of sulfonamides is 1. The van der Waals surface area contributed by atoms with Crippen molar-refractivity contribution in [1.29, 1.82) is 0 Å². The summed E-state index contributed by atoms with van der Waals surface area (Å²) in [6.45, 7) is 7.02. The molecule has 6 nitrogen and oxygen atoms in total. The van der Waals surface area contributed by atoms with Gasteiger partial charge in [0.05, 0.1) is 29.4 Å². The minimum atomic E-state index is -3.64. The molecular weight excluding hydrogens is 326 g/mol. The zero-order chi connectivity index (χ0) is 17.3. The van der Waals surface area contributed by atoms with Crippen molar-refractivity contribution in [2.24, 2.45) is 0 Å². The van der Waals surface area contributed by atoms with Gasteiger partial charge in [0.25, 0.3) is 10.0 Å². The molecule has 0 radical (unpaired) electrons. The fourth-order valence-electron chi connectivity index (χ4n) is 3.31. The average molecular weight is 349 g/mol. The number of nitrogens with one attached hydrogen (secondary N) is 1. The number of aromatic nitrogens is 2. The topological polar surface area (TPSA) is 73.2 Å². The predicted octanol–water partition coefficient (Wildman–Crippen LogP) is 2.79. The minimum Gasteiger partial charge on any atom is -0.376 e. The number of nitrogens with zero attached hydrogens (tertiary/aromatic N) is 2. The first-order valence-corrected chi connectivity index (χ1v) is 9.58. The largest absolute Gasteiger partial charge is 0.376 e. The van der Waals surface area contributed by atoms with E-state index in [0.29, 0.717) is 17.1 Å². The number of hydrogen-bond acceptors (Lipinski definition) is 4. The molecule has 0 aliphatic carbocycles. The first-order valence-electron chi connectivity index (χ1n) is 8.10. The Morgan fingerprint density at radius 3 is 2.62 bits per heavy atom. The van der Waals surface area contributed by atoms with Crippen molar-refractivity contribution in [3.63, 3.8) is 0 Å². The second-order valence-electron chi connectivity index (χ2n) is 6.42. The summed E-state index contributed by atoms with van der Waals surface area (Å²) in [4.78, 5) is 0.333. The van der Waals surface area contributed by atoms with Crippen LogP contribution in [0.5, 0.6) is 0 Å². The van der Waals surface area contributed by atoms with Crippen LogP contribution in [-0.2, 0) is 21.3 Å². The molecular formula is C17H23N3O3S. The van der Waals surface area contributed by atoms with E-state index in [0.717, 1.165) is 36.1 Å². The van der Waals surface area contributed by atoms with Gasteiger partial charge >= 0.3 is 0 Å². The van der Waals surface area contributed by atoms with Crippen molar-refractivity contribution < 1.29 is 13.2 Å². The standard InChI is InChI=1S/C17H23N3O3S/c1-12-7-13(2)17(14(3)8-12)24(21,22)19-15-9-18-20(10-15)11-16-5-4-6-23-16/h7-10,16,19H,4-6,11H2,1-3H3. The van der Waals surface area contributed by atoms with Crippen LogP contribution in [0.2, 0.25) is 0 Å². The normalized spacial score (nSPS) is 18.0. The van der Waals surface area contributed by atoms with Gasteiger partial charge in [0, 0.05) is 12.8 Å². The zero-order valence-corrected chi connectivity index (χ0v) is 15.1. The highest BCUT2D eigenvalue weighted by molar-refractivity contribution is 7.92. The molecule has 2 heterocycles. The predicted molar refractivity (Wildman–Crippen MR) is 92.7 cm³/mol. The van der Waals surface area contributed by atoms with Crippen LogP contribution in [0, 0.1) is 20.8 Å². The summed E-state index contributed by atoms with van der Waals surface area (Å²) in [5.41, 5.74) is 3.00. The maximum absolute atomic E-state index is 12.7. The van der Waals surface area contributed by atoms with E-state index in [-0.39, 0.29) is 6.10 Å². The minimum absolute atomic E-state index is 0.163. The molecule has 7 heteroatoms. The average Bonchev–Trinajstić information content (AvgIpc) is 3.09. The second-order valence-corrected chi connectivity index (χ2v) is 8.04.